The molecule has 1 fully saturated rings. The van der Waals surface area contributed by atoms with Gasteiger partial charge in [-0.25, -0.2) is 4.98 Å². The first-order chi connectivity index (χ1) is 8.43. The molecule has 1 N–H and O–H groups in total. The quantitative estimate of drug-likeness (QED) is 0.868. The van der Waals surface area contributed by atoms with Crippen molar-refractivity contribution in [2.24, 2.45) is 0 Å². The minimum Gasteiger partial charge on any atom is -0.359 e. The fourth-order valence-electron chi connectivity index (χ4n) is 2.40. The third-order valence-corrected chi connectivity index (χ3v) is 3.28. The maximum absolute atomic E-state index is 5.13. The van der Waals surface area contributed by atoms with E-state index in [4.69, 9.17) is 4.52 Å². The predicted molar refractivity (Wildman–Crippen MR) is 62.7 cm³/mol. The fraction of sp³-hybridized carbons (Fsp3) is 0.500. The van der Waals surface area contributed by atoms with Gasteiger partial charge in [-0.15, -0.1) is 0 Å². The number of piperidine rings is 1. The maximum Gasteiger partial charge on any atom is 0.156 e. The molecule has 90 valence electrons. The Hall–Kier alpha value is -1.62. The predicted octanol–water partition coefficient (Wildman–Crippen LogP) is 1.39. The van der Waals surface area contributed by atoms with E-state index in [1.807, 2.05) is 18.6 Å². The molecule has 1 aliphatic rings. The Morgan fingerprint density at radius 2 is 2.53 bits per heavy atom. The summed E-state index contributed by atoms with van der Waals surface area (Å²) in [6, 6.07) is 1.89. The van der Waals surface area contributed by atoms with Gasteiger partial charge in [0.25, 0.3) is 0 Å². The minimum atomic E-state index is 0.564. The highest BCUT2D eigenvalue weighted by molar-refractivity contribution is 5.10. The fourth-order valence-corrected chi connectivity index (χ4v) is 2.40. The Labute approximate surface area is 99.8 Å². The van der Waals surface area contributed by atoms with Crippen molar-refractivity contribution in [2.75, 3.05) is 13.1 Å². The van der Waals surface area contributed by atoms with Crippen LogP contribution in [-0.4, -0.2) is 27.8 Å². The van der Waals surface area contributed by atoms with Crippen LogP contribution in [0.2, 0.25) is 0 Å². The van der Waals surface area contributed by atoms with Crippen LogP contribution in [0.1, 0.15) is 30.2 Å². The molecule has 5 heteroatoms. The highest BCUT2D eigenvalue weighted by atomic mass is 16.5. The van der Waals surface area contributed by atoms with Gasteiger partial charge in [0, 0.05) is 30.4 Å². The molecular formula is C12H16N4O. The van der Waals surface area contributed by atoms with Gasteiger partial charge in [0.15, 0.2) is 5.76 Å². The largest absolute Gasteiger partial charge is 0.359 e. The van der Waals surface area contributed by atoms with Gasteiger partial charge in [0.1, 0.15) is 0 Å². The van der Waals surface area contributed by atoms with Gasteiger partial charge in [-0.3, -0.25) is 0 Å². The molecule has 0 aromatic carbocycles. The second-order valence-corrected chi connectivity index (χ2v) is 4.47. The normalized spacial score (nSPS) is 20.6. The van der Waals surface area contributed by atoms with E-state index in [1.165, 1.54) is 18.5 Å². The zero-order valence-electron chi connectivity index (χ0n) is 9.67. The summed E-state index contributed by atoms with van der Waals surface area (Å²) in [4.78, 5) is 4.25. The first kappa shape index (κ1) is 10.5. The second-order valence-electron chi connectivity index (χ2n) is 4.47. The summed E-state index contributed by atoms with van der Waals surface area (Å²) in [5, 5.41) is 7.16. The molecule has 2 aromatic heterocycles. The van der Waals surface area contributed by atoms with Gasteiger partial charge in [-0.05, 0) is 19.4 Å². The number of nitrogens with one attached hydrogen (secondary N) is 1. The zero-order chi connectivity index (χ0) is 11.5. The Kier molecular flexibility index (Phi) is 2.92. The number of imidazole rings is 1. The molecule has 5 nitrogen and oxygen atoms in total. The third-order valence-electron chi connectivity index (χ3n) is 3.28. The van der Waals surface area contributed by atoms with Crippen LogP contribution in [-0.2, 0) is 6.54 Å². The molecular weight excluding hydrogens is 216 g/mol. The second kappa shape index (κ2) is 4.71. The lowest BCUT2D eigenvalue weighted by atomic mass is 9.96. The summed E-state index contributed by atoms with van der Waals surface area (Å²) in [6.45, 7) is 2.89. The Morgan fingerprint density at radius 1 is 1.53 bits per heavy atom. The van der Waals surface area contributed by atoms with E-state index in [2.05, 4.69) is 20.0 Å². The van der Waals surface area contributed by atoms with E-state index in [0.29, 0.717) is 12.5 Å². The number of rotatable bonds is 3. The van der Waals surface area contributed by atoms with Crippen molar-refractivity contribution < 1.29 is 4.52 Å². The number of nitrogens with zero attached hydrogens (tertiary/aromatic N) is 3. The van der Waals surface area contributed by atoms with E-state index < -0.39 is 0 Å². The summed E-state index contributed by atoms with van der Waals surface area (Å²) in [5.74, 6) is 1.43. The first-order valence-electron chi connectivity index (χ1n) is 6.04. The summed E-state index contributed by atoms with van der Waals surface area (Å²) in [5.41, 5.74) is 1.29. The smallest absolute Gasteiger partial charge is 0.156 e. The lowest BCUT2D eigenvalue weighted by Crippen LogP contribution is -2.29. The molecule has 0 saturated carbocycles. The van der Waals surface area contributed by atoms with Gasteiger partial charge >= 0.3 is 0 Å². The Balaban J connectivity index is 1.78. The molecule has 1 aliphatic heterocycles. The molecule has 17 heavy (non-hydrogen) atoms. The SMILES string of the molecule is c1cc(Cn2cncc2C2CCCNC2)on1. The van der Waals surface area contributed by atoms with Crippen LogP contribution in [0.15, 0.2) is 29.3 Å². The first-order valence-corrected chi connectivity index (χ1v) is 6.04. The van der Waals surface area contributed by atoms with E-state index >= 15 is 0 Å². The van der Waals surface area contributed by atoms with Crippen LogP contribution in [0.4, 0.5) is 0 Å². The van der Waals surface area contributed by atoms with E-state index in [-0.39, 0.29) is 0 Å². The molecule has 0 bridgehead atoms. The van der Waals surface area contributed by atoms with Crippen molar-refractivity contribution in [3.8, 4) is 0 Å². The molecule has 0 amide bonds. The van der Waals surface area contributed by atoms with E-state index in [1.54, 1.807) is 6.20 Å². The molecule has 1 saturated heterocycles. The number of hydrogen-bond donors (Lipinski definition) is 1. The zero-order valence-corrected chi connectivity index (χ0v) is 9.67. The number of aromatic nitrogens is 3. The topological polar surface area (TPSA) is 55.9 Å². The molecule has 0 spiro atoms. The Morgan fingerprint density at radius 3 is 3.29 bits per heavy atom. The van der Waals surface area contributed by atoms with Gasteiger partial charge in [0.2, 0.25) is 0 Å². The minimum absolute atomic E-state index is 0.564. The average Bonchev–Trinajstić information content (AvgIpc) is 3.02. The Bertz CT molecular complexity index is 457. The van der Waals surface area contributed by atoms with Crippen molar-refractivity contribution in [1.82, 2.24) is 20.0 Å². The van der Waals surface area contributed by atoms with Crippen LogP contribution < -0.4 is 5.32 Å². The molecule has 0 aliphatic carbocycles. The van der Waals surface area contributed by atoms with Crippen molar-refractivity contribution in [2.45, 2.75) is 25.3 Å². The molecule has 1 unspecified atom stereocenters. The summed E-state index contributed by atoms with van der Waals surface area (Å²) >= 11 is 0. The van der Waals surface area contributed by atoms with Crippen molar-refractivity contribution in [3.05, 3.63) is 36.2 Å². The molecule has 2 aromatic rings. The van der Waals surface area contributed by atoms with Crippen LogP contribution in [0.3, 0.4) is 0 Å². The van der Waals surface area contributed by atoms with Gasteiger partial charge < -0.3 is 14.4 Å². The molecule has 1 atom stereocenters. The van der Waals surface area contributed by atoms with Gasteiger partial charge in [-0.2, -0.15) is 0 Å². The summed E-state index contributed by atoms with van der Waals surface area (Å²) < 4.78 is 7.29. The average molecular weight is 232 g/mol. The van der Waals surface area contributed by atoms with Crippen molar-refractivity contribution in [1.29, 1.82) is 0 Å². The van der Waals surface area contributed by atoms with Crippen molar-refractivity contribution >= 4 is 0 Å². The summed E-state index contributed by atoms with van der Waals surface area (Å²) in [7, 11) is 0. The third kappa shape index (κ3) is 2.24. The van der Waals surface area contributed by atoms with E-state index in [9.17, 15) is 0 Å². The standard InChI is InChI=1S/C12H16N4O/c1-2-10(6-13-4-1)12-7-14-9-16(12)8-11-3-5-15-17-11/h3,5,7,9-10,13H,1-2,4,6,8H2. The molecule has 0 radical (unpaired) electrons. The maximum atomic E-state index is 5.13. The highest BCUT2D eigenvalue weighted by Crippen LogP contribution is 2.23. The molecule has 3 rings (SSSR count). The van der Waals surface area contributed by atoms with Gasteiger partial charge in [0.05, 0.1) is 19.1 Å². The van der Waals surface area contributed by atoms with Crippen LogP contribution in [0.25, 0.3) is 0 Å². The highest BCUT2D eigenvalue weighted by Gasteiger charge is 2.19. The van der Waals surface area contributed by atoms with Crippen molar-refractivity contribution in [3.63, 3.8) is 0 Å². The monoisotopic (exact) mass is 232 g/mol. The lowest BCUT2D eigenvalue weighted by Gasteiger charge is -2.23. The van der Waals surface area contributed by atoms with E-state index in [0.717, 1.165) is 18.8 Å². The van der Waals surface area contributed by atoms with Crippen LogP contribution >= 0.6 is 0 Å². The van der Waals surface area contributed by atoms with Crippen LogP contribution in [0.5, 0.6) is 0 Å². The van der Waals surface area contributed by atoms with Gasteiger partial charge in [-0.1, -0.05) is 5.16 Å². The number of hydrogen-bond acceptors (Lipinski definition) is 4. The lowest BCUT2D eigenvalue weighted by molar-refractivity contribution is 0.371. The summed E-state index contributed by atoms with van der Waals surface area (Å²) in [6.07, 6.45) is 7.97. The van der Waals surface area contributed by atoms with Crippen LogP contribution in [0, 0.1) is 0 Å². The molecule has 3 heterocycles.